The lowest BCUT2D eigenvalue weighted by Gasteiger charge is -2.36. The fourth-order valence-corrected chi connectivity index (χ4v) is 3.98. The van der Waals surface area contributed by atoms with Crippen molar-refractivity contribution in [1.29, 1.82) is 0 Å². The second-order valence-corrected chi connectivity index (χ2v) is 7.68. The first-order valence-electron chi connectivity index (χ1n) is 10.1. The fraction of sp³-hybridized carbons (Fsp3) is 0.364. The van der Waals surface area contributed by atoms with Gasteiger partial charge in [-0.25, -0.2) is 4.99 Å². The Labute approximate surface area is 169 Å². The van der Waals surface area contributed by atoms with E-state index in [4.69, 9.17) is 0 Å². The van der Waals surface area contributed by atoms with Crippen LogP contribution in [0.1, 0.15) is 16.8 Å². The number of piperazine rings is 1. The van der Waals surface area contributed by atoms with E-state index in [1.807, 2.05) is 58.4 Å². The minimum absolute atomic E-state index is 0.0493. The van der Waals surface area contributed by atoms with E-state index in [1.54, 1.807) is 0 Å². The first-order chi connectivity index (χ1) is 14.2. The number of benzene rings is 1. The summed E-state index contributed by atoms with van der Waals surface area (Å²) in [6.45, 7) is 4.60. The maximum absolute atomic E-state index is 12.9. The molecule has 3 aliphatic heterocycles. The number of amides is 2. The molecule has 0 radical (unpaired) electrons. The topological polar surface area (TPSA) is 68.6 Å². The van der Waals surface area contributed by atoms with E-state index in [1.165, 1.54) is 12.1 Å². The Morgan fingerprint density at radius 2 is 1.66 bits per heavy atom. The third kappa shape index (κ3) is 3.37. The number of aliphatic imine (C=N–C) groups is 2. The molecule has 0 aromatic heterocycles. The lowest BCUT2D eigenvalue weighted by molar-refractivity contribution is -0.118. The highest BCUT2D eigenvalue weighted by Gasteiger charge is 2.30. The van der Waals surface area contributed by atoms with E-state index in [-0.39, 0.29) is 17.7 Å². The Hall–Kier alpha value is -3.22. The molecule has 1 atom stereocenters. The highest BCUT2D eigenvalue weighted by Crippen LogP contribution is 2.22. The summed E-state index contributed by atoms with van der Waals surface area (Å²) in [5, 5.41) is 0. The van der Waals surface area contributed by atoms with Gasteiger partial charge in [0.05, 0.1) is 5.71 Å². The smallest absolute Gasteiger partial charge is 0.261 e. The van der Waals surface area contributed by atoms with Crippen molar-refractivity contribution in [2.75, 3.05) is 44.2 Å². The van der Waals surface area contributed by atoms with Gasteiger partial charge >= 0.3 is 0 Å². The summed E-state index contributed by atoms with van der Waals surface area (Å²) in [5.74, 6) is -0.0161. The molecule has 7 heteroatoms. The van der Waals surface area contributed by atoms with Gasteiger partial charge in [-0.2, -0.15) is 4.99 Å². The van der Waals surface area contributed by atoms with E-state index in [2.05, 4.69) is 14.9 Å². The number of allylic oxidation sites excluding steroid dienone is 3. The molecule has 1 aromatic rings. The minimum atomic E-state index is -0.356. The van der Waals surface area contributed by atoms with Gasteiger partial charge in [0.2, 0.25) is 5.96 Å². The van der Waals surface area contributed by atoms with Gasteiger partial charge in [-0.15, -0.1) is 0 Å². The highest BCUT2D eigenvalue weighted by atomic mass is 16.2. The van der Waals surface area contributed by atoms with Gasteiger partial charge in [0.25, 0.3) is 11.8 Å². The molecule has 29 heavy (non-hydrogen) atoms. The van der Waals surface area contributed by atoms with Gasteiger partial charge < -0.3 is 14.7 Å². The Balaban J connectivity index is 1.22. The van der Waals surface area contributed by atoms with Crippen molar-refractivity contribution in [3.63, 3.8) is 0 Å². The molecule has 0 saturated carbocycles. The molecule has 1 aromatic carbocycles. The van der Waals surface area contributed by atoms with E-state index in [0.717, 1.165) is 24.4 Å². The van der Waals surface area contributed by atoms with Crippen molar-refractivity contribution < 1.29 is 9.59 Å². The van der Waals surface area contributed by atoms with E-state index >= 15 is 0 Å². The zero-order valence-electron chi connectivity index (χ0n) is 16.2. The lowest BCUT2D eigenvalue weighted by Crippen LogP contribution is -2.51. The van der Waals surface area contributed by atoms with Crippen molar-refractivity contribution >= 4 is 29.2 Å². The molecule has 0 N–H and O–H groups in total. The zero-order valence-corrected chi connectivity index (χ0v) is 16.2. The second-order valence-electron chi connectivity index (χ2n) is 7.68. The summed E-state index contributed by atoms with van der Waals surface area (Å²) in [4.78, 5) is 40.1. The molecule has 2 saturated heterocycles. The summed E-state index contributed by atoms with van der Waals surface area (Å²) in [6, 6.07) is 7.90. The number of anilines is 1. The van der Waals surface area contributed by atoms with Gasteiger partial charge in [-0.3, -0.25) is 9.59 Å². The maximum Gasteiger partial charge on any atom is 0.261 e. The average molecular weight is 389 g/mol. The number of hydrogen-bond acceptors (Lipinski definition) is 5. The standard InChI is InChI=1S/C22H23N5O2/c28-20-18-4-1-2-5-19(18)23-22(24-20)27-14-12-26(13-15-27)21(29)16-6-8-17(9-7-16)25-10-3-11-25/h1-2,4-9,18H,3,10-15H2. The molecule has 1 aliphatic carbocycles. The van der Waals surface area contributed by atoms with Gasteiger partial charge in [-0.05, 0) is 36.8 Å². The van der Waals surface area contributed by atoms with Crippen LogP contribution in [0, 0.1) is 5.92 Å². The molecule has 7 nitrogen and oxygen atoms in total. The summed E-state index contributed by atoms with van der Waals surface area (Å²) in [7, 11) is 0. The Morgan fingerprint density at radius 3 is 2.34 bits per heavy atom. The minimum Gasteiger partial charge on any atom is -0.371 e. The molecular weight excluding hydrogens is 366 g/mol. The Kier molecular flexibility index (Phi) is 4.50. The number of nitrogens with zero attached hydrogens (tertiary/aromatic N) is 5. The fourth-order valence-electron chi connectivity index (χ4n) is 3.98. The summed E-state index contributed by atoms with van der Waals surface area (Å²) < 4.78 is 0. The largest absolute Gasteiger partial charge is 0.371 e. The van der Waals surface area contributed by atoms with E-state index in [0.29, 0.717) is 32.1 Å². The number of hydrogen-bond donors (Lipinski definition) is 0. The van der Waals surface area contributed by atoms with Crippen LogP contribution in [0.5, 0.6) is 0 Å². The van der Waals surface area contributed by atoms with Crippen molar-refractivity contribution in [2.45, 2.75) is 6.42 Å². The van der Waals surface area contributed by atoms with Gasteiger partial charge in [0.15, 0.2) is 0 Å². The van der Waals surface area contributed by atoms with Crippen LogP contribution >= 0.6 is 0 Å². The molecule has 4 aliphatic rings. The molecule has 2 amide bonds. The van der Waals surface area contributed by atoms with Crippen LogP contribution in [-0.2, 0) is 4.79 Å². The van der Waals surface area contributed by atoms with Gasteiger partial charge in [-0.1, -0.05) is 18.2 Å². The van der Waals surface area contributed by atoms with Crippen LogP contribution in [0.15, 0.2) is 58.6 Å². The molecule has 1 unspecified atom stereocenters. The predicted octanol–water partition coefficient (Wildman–Crippen LogP) is 1.73. The first-order valence-corrected chi connectivity index (χ1v) is 10.1. The number of carbonyl (C=O) groups is 2. The maximum atomic E-state index is 12.9. The number of carbonyl (C=O) groups excluding carboxylic acids is 2. The van der Waals surface area contributed by atoms with Crippen LogP contribution in [0.4, 0.5) is 5.69 Å². The third-order valence-electron chi connectivity index (χ3n) is 5.89. The van der Waals surface area contributed by atoms with E-state index in [9.17, 15) is 9.59 Å². The molecule has 148 valence electrons. The molecule has 5 rings (SSSR count). The SMILES string of the molecule is O=C1N=C(N2CCN(C(=O)c3ccc(N4CCC4)cc3)CC2)N=C2C=CC=CC12. The summed E-state index contributed by atoms with van der Waals surface area (Å²) >= 11 is 0. The van der Waals surface area contributed by atoms with Crippen LogP contribution in [-0.4, -0.2) is 72.6 Å². The zero-order chi connectivity index (χ0) is 19.8. The number of rotatable bonds is 2. The quantitative estimate of drug-likeness (QED) is 0.773. The third-order valence-corrected chi connectivity index (χ3v) is 5.89. The second kappa shape index (κ2) is 7.31. The Morgan fingerprint density at radius 1 is 0.897 bits per heavy atom. The molecular formula is C22H23N5O2. The number of guanidine groups is 1. The monoisotopic (exact) mass is 389 g/mol. The van der Waals surface area contributed by atoms with Crippen LogP contribution in [0.2, 0.25) is 0 Å². The van der Waals surface area contributed by atoms with Crippen LogP contribution in [0.25, 0.3) is 0 Å². The van der Waals surface area contributed by atoms with Crippen molar-refractivity contribution in [3.8, 4) is 0 Å². The van der Waals surface area contributed by atoms with Crippen molar-refractivity contribution in [2.24, 2.45) is 15.9 Å². The number of fused-ring (bicyclic) bond motifs is 1. The van der Waals surface area contributed by atoms with Crippen molar-refractivity contribution in [3.05, 3.63) is 54.1 Å². The van der Waals surface area contributed by atoms with Gasteiger partial charge in [0.1, 0.15) is 5.92 Å². The van der Waals surface area contributed by atoms with Gasteiger partial charge in [0, 0.05) is 50.5 Å². The molecule has 2 fully saturated rings. The first kappa shape index (κ1) is 17.8. The van der Waals surface area contributed by atoms with Crippen molar-refractivity contribution in [1.82, 2.24) is 9.80 Å². The normalized spacial score (nSPS) is 23.4. The predicted molar refractivity (Wildman–Crippen MR) is 112 cm³/mol. The highest BCUT2D eigenvalue weighted by molar-refractivity contribution is 6.21. The Bertz CT molecular complexity index is 948. The van der Waals surface area contributed by atoms with E-state index < -0.39 is 0 Å². The lowest BCUT2D eigenvalue weighted by atomic mass is 9.97. The molecule has 3 heterocycles. The summed E-state index contributed by atoms with van der Waals surface area (Å²) in [6.07, 6.45) is 8.66. The van der Waals surface area contributed by atoms with Crippen LogP contribution in [0.3, 0.4) is 0 Å². The van der Waals surface area contributed by atoms with Crippen LogP contribution < -0.4 is 4.90 Å². The molecule has 0 spiro atoms. The average Bonchev–Trinajstić information content (AvgIpc) is 2.73. The molecule has 0 bridgehead atoms. The summed E-state index contributed by atoms with van der Waals surface area (Å²) in [5.41, 5.74) is 2.64.